The molecule has 2 heterocycles. The maximum absolute atomic E-state index is 10.8. The Labute approximate surface area is 175 Å². The summed E-state index contributed by atoms with van der Waals surface area (Å²) in [4.78, 5) is 8.12. The van der Waals surface area contributed by atoms with Crippen molar-refractivity contribution in [3.8, 4) is 5.75 Å². The molecule has 0 saturated heterocycles. The third-order valence-electron chi connectivity index (χ3n) is 5.35. The van der Waals surface area contributed by atoms with Crippen LogP contribution in [-0.4, -0.2) is 48.4 Å². The van der Waals surface area contributed by atoms with Crippen molar-refractivity contribution in [1.29, 1.82) is 0 Å². The number of aromatic amines is 1. The van der Waals surface area contributed by atoms with Crippen LogP contribution in [0.2, 0.25) is 0 Å². The maximum atomic E-state index is 10.8. The van der Waals surface area contributed by atoms with Gasteiger partial charge in [-0.2, -0.15) is 0 Å². The molecule has 4 N–H and O–H groups in total. The van der Waals surface area contributed by atoms with Gasteiger partial charge in [-0.05, 0) is 41.5 Å². The number of aliphatic hydroxyl groups is 2. The average molecular weight is 409 g/mol. The van der Waals surface area contributed by atoms with Gasteiger partial charge in [-0.15, -0.1) is 0 Å². The van der Waals surface area contributed by atoms with Crippen LogP contribution in [0, 0.1) is 0 Å². The van der Waals surface area contributed by atoms with Crippen LogP contribution in [0.15, 0.2) is 41.4 Å². The molecule has 1 atom stereocenters. The molecule has 158 valence electrons. The highest BCUT2D eigenvalue weighted by Crippen LogP contribution is 2.32. The van der Waals surface area contributed by atoms with Gasteiger partial charge in [0.15, 0.2) is 0 Å². The van der Waals surface area contributed by atoms with Gasteiger partial charge in [0.2, 0.25) is 0 Å². The Morgan fingerprint density at radius 3 is 2.80 bits per heavy atom. The van der Waals surface area contributed by atoms with Crippen LogP contribution < -0.4 is 10.1 Å². The van der Waals surface area contributed by atoms with Gasteiger partial charge in [-0.1, -0.05) is 6.07 Å². The molecule has 0 bridgehead atoms. The number of rotatable bonds is 6. The standard InChI is InChI=1S/C23H27N3O4/c1-29-13-14-7-17-11-24-23(25-12-20(28)22(17)21(8-14)30-2)15-3-4-19-16(9-15)10-18(26-19)5-6-27/h3-4,7-10,20,26-28H,5-6,11-13H2,1-2H3,(H,24,25). The third-order valence-corrected chi connectivity index (χ3v) is 5.35. The second kappa shape index (κ2) is 8.87. The predicted molar refractivity (Wildman–Crippen MR) is 116 cm³/mol. The Kier molecular flexibility index (Phi) is 6.03. The first kappa shape index (κ1) is 20.4. The van der Waals surface area contributed by atoms with Crippen molar-refractivity contribution in [3.05, 3.63) is 64.3 Å². The van der Waals surface area contributed by atoms with E-state index in [1.165, 1.54) is 0 Å². The number of hydrogen-bond donors (Lipinski definition) is 4. The highest BCUT2D eigenvalue weighted by atomic mass is 16.5. The van der Waals surface area contributed by atoms with Gasteiger partial charge in [0.25, 0.3) is 0 Å². The lowest BCUT2D eigenvalue weighted by atomic mass is 9.97. The van der Waals surface area contributed by atoms with E-state index in [1.807, 2.05) is 30.3 Å². The molecular weight excluding hydrogens is 382 g/mol. The van der Waals surface area contributed by atoms with Gasteiger partial charge in [0.05, 0.1) is 20.3 Å². The smallest absolute Gasteiger partial charge is 0.128 e. The van der Waals surface area contributed by atoms with Crippen molar-refractivity contribution in [2.75, 3.05) is 27.4 Å². The number of hydrogen-bond acceptors (Lipinski definition) is 6. The zero-order valence-corrected chi connectivity index (χ0v) is 17.2. The van der Waals surface area contributed by atoms with E-state index in [2.05, 4.69) is 16.4 Å². The highest BCUT2D eigenvalue weighted by molar-refractivity contribution is 6.02. The lowest BCUT2D eigenvalue weighted by Gasteiger charge is -2.23. The third kappa shape index (κ3) is 4.05. The van der Waals surface area contributed by atoms with E-state index < -0.39 is 6.10 Å². The fraction of sp³-hybridized carbons (Fsp3) is 0.348. The molecular formula is C23H27N3O4. The van der Waals surface area contributed by atoms with Crippen molar-refractivity contribution in [2.24, 2.45) is 4.99 Å². The summed E-state index contributed by atoms with van der Waals surface area (Å²) in [6.45, 7) is 1.32. The highest BCUT2D eigenvalue weighted by Gasteiger charge is 2.22. The molecule has 7 heteroatoms. The first-order valence-electron chi connectivity index (χ1n) is 10.0. The number of aliphatic hydroxyl groups excluding tert-OH is 2. The molecule has 0 amide bonds. The summed E-state index contributed by atoms with van der Waals surface area (Å²) in [6.07, 6.45) is -0.123. The summed E-state index contributed by atoms with van der Waals surface area (Å²) in [5, 5.41) is 24.4. The molecule has 0 aliphatic carbocycles. The Balaban J connectivity index is 1.70. The molecule has 1 aliphatic heterocycles. The summed E-state index contributed by atoms with van der Waals surface area (Å²) in [7, 11) is 3.26. The molecule has 3 aromatic rings. The number of aliphatic imine (C=N–C) groups is 1. The Morgan fingerprint density at radius 1 is 1.17 bits per heavy atom. The minimum atomic E-state index is -0.718. The second-order valence-electron chi connectivity index (χ2n) is 7.44. The molecule has 0 fully saturated rings. The van der Waals surface area contributed by atoms with Crippen molar-refractivity contribution in [1.82, 2.24) is 10.3 Å². The molecule has 0 spiro atoms. The van der Waals surface area contributed by atoms with Gasteiger partial charge in [0, 0.05) is 54.4 Å². The van der Waals surface area contributed by atoms with Crippen molar-refractivity contribution < 1.29 is 19.7 Å². The number of fused-ring (bicyclic) bond motifs is 2. The van der Waals surface area contributed by atoms with E-state index in [4.69, 9.17) is 19.6 Å². The number of amidine groups is 1. The molecule has 1 unspecified atom stereocenters. The average Bonchev–Trinajstić information content (AvgIpc) is 3.14. The van der Waals surface area contributed by atoms with Crippen LogP contribution in [0.4, 0.5) is 0 Å². The topological polar surface area (TPSA) is 99.1 Å². The van der Waals surface area contributed by atoms with E-state index in [0.717, 1.165) is 44.7 Å². The van der Waals surface area contributed by atoms with Crippen LogP contribution >= 0.6 is 0 Å². The first-order valence-corrected chi connectivity index (χ1v) is 10.0. The number of nitrogens with zero attached hydrogens (tertiary/aromatic N) is 1. The molecule has 0 saturated carbocycles. The van der Waals surface area contributed by atoms with E-state index in [1.54, 1.807) is 14.2 Å². The van der Waals surface area contributed by atoms with Gasteiger partial charge in [-0.3, -0.25) is 4.99 Å². The number of methoxy groups -OCH3 is 2. The number of β-amino-alcohol motifs (C(OH)–C–C–N with tert-alkyl or cyclic N) is 1. The quantitative estimate of drug-likeness (QED) is 0.501. The zero-order valence-electron chi connectivity index (χ0n) is 17.2. The number of benzene rings is 2. The van der Waals surface area contributed by atoms with Crippen LogP contribution in [0.1, 0.15) is 34.1 Å². The van der Waals surface area contributed by atoms with Gasteiger partial charge in [0.1, 0.15) is 17.7 Å². The summed E-state index contributed by atoms with van der Waals surface area (Å²) < 4.78 is 10.8. The lowest BCUT2D eigenvalue weighted by Crippen LogP contribution is -2.31. The Morgan fingerprint density at radius 2 is 2.03 bits per heavy atom. The van der Waals surface area contributed by atoms with E-state index in [0.29, 0.717) is 31.9 Å². The molecule has 1 aliphatic rings. The lowest BCUT2D eigenvalue weighted by molar-refractivity contribution is 0.173. The van der Waals surface area contributed by atoms with Crippen LogP contribution in [0.3, 0.4) is 0 Å². The van der Waals surface area contributed by atoms with Crippen molar-refractivity contribution >= 4 is 16.7 Å². The van der Waals surface area contributed by atoms with Gasteiger partial charge < -0.3 is 30.0 Å². The monoisotopic (exact) mass is 409 g/mol. The zero-order chi connectivity index (χ0) is 21.1. The van der Waals surface area contributed by atoms with E-state index in [9.17, 15) is 5.11 Å². The van der Waals surface area contributed by atoms with Crippen LogP contribution in [-0.2, 0) is 24.3 Å². The summed E-state index contributed by atoms with van der Waals surface area (Å²) >= 11 is 0. The summed E-state index contributed by atoms with van der Waals surface area (Å²) in [5.74, 6) is 1.39. The molecule has 4 rings (SSSR count). The summed E-state index contributed by atoms with van der Waals surface area (Å²) in [6, 6.07) is 12.1. The van der Waals surface area contributed by atoms with Crippen LogP contribution in [0.5, 0.6) is 5.75 Å². The molecule has 1 aromatic heterocycles. The Hall–Kier alpha value is -2.87. The fourth-order valence-electron chi connectivity index (χ4n) is 3.98. The molecule has 0 radical (unpaired) electrons. The largest absolute Gasteiger partial charge is 0.496 e. The maximum Gasteiger partial charge on any atom is 0.128 e. The Bertz CT molecular complexity index is 1070. The number of ether oxygens (including phenoxy) is 2. The molecule has 30 heavy (non-hydrogen) atoms. The second-order valence-corrected chi connectivity index (χ2v) is 7.44. The van der Waals surface area contributed by atoms with E-state index >= 15 is 0 Å². The molecule has 2 aromatic carbocycles. The minimum Gasteiger partial charge on any atom is -0.496 e. The van der Waals surface area contributed by atoms with Crippen molar-refractivity contribution in [2.45, 2.75) is 25.7 Å². The minimum absolute atomic E-state index is 0.111. The number of nitrogens with one attached hydrogen (secondary N) is 2. The van der Waals surface area contributed by atoms with Gasteiger partial charge in [-0.25, -0.2) is 0 Å². The normalized spacial score (nSPS) is 16.4. The van der Waals surface area contributed by atoms with Crippen LogP contribution in [0.25, 0.3) is 10.9 Å². The predicted octanol–water partition coefficient (Wildman–Crippen LogP) is 2.44. The number of H-pyrrole nitrogens is 1. The fourth-order valence-corrected chi connectivity index (χ4v) is 3.98. The van der Waals surface area contributed by atoms with E-state index in [-0.39, 0.29) is 6.61 Å². The molecule has 7 nitrogen and oxygen atoms in total. The first-order chi connectivity index (χ1) is 14.6. The summed E-state index contributed by atoms with van der Waals surface area (Å²) in [5.41, 5.74) is 5.65. The SMILES string of the molecule is COCc1cc2c(c(OC)c1)C(O)CNC(c1ccc3[nH]c(CCO)cc3c1)=NC2. The number of aromatic nitrogens is 1. The van der Waals surface area contributed by atoms with Gasteiger partial charge >= 0.3 is 0 Å². The van der Waals surface area contributed by atoms with Crippen molar-refractivity contribution in [3.63, 3.8) is 0 Å².